The van der Waals surface area contributed by atoms with Gasteiger partial charge in [0.05, 0.1) is 19.9 Å². The summed E-state index contributed by atoms with van der Waals surface area (Å²) in [6.07, 6.45) is 0.893. The Labute approximate surface area is 132 Å². The van der Waals surface area contributed by atoms with Crippen LogP contribution in [0.3, 0.4) is 0 Å². The van der Waals surface area contributed by atoms with E-state index in [-0.39, 0.29) is 11.8 Å². The predicted octanol–water partition coefficient (Wildman–Crippen LogP) is 2.18. The molecule has 22 heavy (non-hydrogen) atoms. The molecule has 1 amide bonds. The number of nitrogens with zero attached hydrogens (tertiary/aromatic N) is 2. The van der Waals surface area contributed by atoms with Crippen molar-refractivity contribution in [2.75, 3.05) is 39.8 Å². The Bertz CT molecular complexity index is 555. The van der Waals surface area contributed by atoms with Crippen molar-refractivity contribution in [2.45, 2.75) is 26.3 Å². The molecule has 5 nitrogen and oxygen atoms in total. The number of likely N-dealkylation sites (N-methyl/N-ethyl adjacent to an activating group) is 1. The number of rotatable bonds is 4. The fourth-order valence-electron chi connectivity index (χ4n) is 2.89. The van der Waals surface area contributed by atoms with Crippen molar-refractivity contribution >= 4 is 11.6 Å². The molecule has 0 bridgehead atoms. The van der Waals surface area contributed by atoms with Gasteiger partial charge in [-0.15, -0.1) is 0 Å². The maximum atomic E-state index is 12.7. The molecule has 1 aromatic carbocycles. The first kappa shape index (κ1) is 16.6. The average molecular weight is 306 g/mol. The molecule has 0 radical (unpaired) electrons. The molecule has 1 aliphatic rings. The first-order valence-electron chi connectivity index (χ1n) is 7.62. The Hall–Kier alpha value is -1.75. The molecule has 0 saturated heterocycles. The summed E-state index contributed by atoms with van der Waals surface area (Å²) in [5.74, 6) is 1.35. The molecule has 2 rings (SSSR count). The second kappa shape index (κ2) is 6.57. The van der Waals surface area contributed by atoms with E-state index >= 15 is 0 Å². The average Bonchev–Trinajstić information content (AvgIpc) is 2.51. The smallest absolute Gasteiger partial charge is 0.229 e. The normalized spacial score (nSPS) is 17.6. The third-order valence-electron chi connectivity index (χ3n) is 4.21. The van der Waals surface area contributed by atoms with Gasteiger partial charge in [-0.1, -0.05) is 19.9 Å². The van der Waals surface area contributed by atoms with Gasteiger partial charge in [0.25, 0.3) is 0 Å². The maximum absolute atomic E-state index is 12.7. The van der Waals surface area contributed by atoms with Gasteiger partial charge in [-0.25, -0.2) is 0 Å². The van der Waals surface area contributed by atoms with E-state index in [1.165, 1.54) is 0 Å². The van der Waals surface area contributed by atoms with Crippen molar-refractivity contribution in [2.24, 2.45) is 5.92 Å². The zero-order valence-electron chi connectivity index (χ0n) is 14.3. The van der Waals surface area contributed by atoms with E-state index in [0.717, 1.165) is 17.7 Å². The molecule has 1 aromatic rings. The highest BCUT2D eigenvalue weighted by Gasteiger charge is 2.34. The molecule has 1 atom stereocenters. The molecule has 0 fully saturated rings. The molecule has 122 valence electrons. The van der Waals surface area contributed by atoms with Crippen molar-refractivity contribution < 1.29 is 14.3 Å². The zero-order valence-corrected chi connectivity index (χ0v) is 14.3. The maximum Gasteiger partial charge on any atom is 0.229 e. The first-order chi connectivity index (χ1) is 10.4. The molecule has 0 spiro atoms. The third-order valence-corrected chi connectivity index (χ3v) is 4.21. The molecule has 1 aliphatic heterocycles. The zero-order chi connectivity index (χ0) is 16.4. The molecule has 1 heterocycles. The minimum atomic E-state index is -0.0651. The van der Waals surface area contributed by atoms with Crippen LogP contribution in [-0.4, -0.2) is 51.7 Å². The number of carbonyl (C=O) groups is 1. The summed E-state index contributed by atoms with van der Waals surface area (Å²) in [7, 11) is 7.33. The van der Waals surface area contributed by atoms with E-state index in [0.29, 0.717) is 24.1 Å². The van der Waals surface area contributed by atoms with Gasteiger partial charge in [-0.3, -0.25) is 4.79 Å². The van der Waals surface area contributed by atoms with Crippen LogP contribution in [-0.2, 0) is 11.2 Å². The van der Waals surface area contributed by atoms with E-state index in [1.54, 1.807) is 14.2 Å². The summed E-state index contributed by atoms with van der Waals surface area (Å²) < 4.78 is 10.9. The van der Waals surface area contributed by atoms with Crippen LogP contribution in [0.1, 0.15) is 19.4 Å². The number of hydrogen-bond donors (Lipinski definition) is 0. The molecule has 0 aliphatic carbocycles. The number of amides is 1. The van der Waals surface area contributed by atoms with Gasteiger partial charge < -0.3 is 19.3 Å². The quantitative estimate of drug-likeness (QED) is 0.855. The molecular weight excluding hydrogens is 280 g/mol. The summed E-state index contributed by atoms with van der Waals surface area (Å²) in [6, 6.07) is 4.24. The highest BCUT2D eigenvalue weighted by molar-refractivity contribution is 5.98. The highest BCUT2D eigenvalue weighted by Crippen LogP contribution is 2.43. The van der Waals surface area contributed by atoms with Crippen molar-refractivity contribution in [3.63, 3.8) is 0 Å². The lowest BCUT2D eigenvalue weighted by molar-refractivity contribution is -0.121. The van der Waals surface area contributed by atoms with Crippen LogP contribution in [0.2, 0.25) is 0 Å². The standard InChI is InChI=1S/C17H26N2O3/c1-11(2)17(20)19-10-13(18(3)4)9-12-7-8-14(21-5)16(22-6)15(12)19/h7-8,11,13H,9-10H2,1-6H3. The van der Waals surface area contributed by atoms with Gasteiger partial charge in [0, 0.05) is 18.5 Å². The Morgan fingerprint density at radius 1 is 1.27 bits per heavy atom. The number of carbonyl (C=O) groups excluding carboxylic acids is 1. The van der Waals surface area contributed by atoms with Gasteiger partial charge in [-0.2, -0.15) is 0 Å². The second-order valence-corrected chi connectivity index (χ2v) is 6.23. The topological polar surface area (TPSA) is 42.0 Å². The third kappa shape index (κ3) is 2.90. The van der Waals surface area contributed by atoms with E-state index in [4.69, 9.17) is 9.47 Å². The largest absolute Gasteiger partial charge is 0.493 e. The van der Waals surface area contributed by atoms with Crippen molar-refractivity contribution in [1.29, 1.82) is 0 Å². The fourth-order valence-corrected chi connectivity index (χ4v) is 2.89. The molecular formula is C17H26N2O3. The molecule has 0 N–H and O–H groups in total. The van der Waals surface area contributed by atoms with Crippen LogP contribution in [0.25, 0.3) is 0 Å². The Morgan fingerprint density at radius 3 is 2.45 bits per heavy atom. The van der Waals surface area contributed by atoms with Gasteiger partial charge in [-0.05, 0) is 32.1 Å². The van der Waals surface area contributed by atoms with Crippen LogP contribution in [0.4, 0.5) is 5.69 Å². The predicted molar refractivity (Wildman–Crippen MR) is 87.9 cm³/mol. The van der Waals surface area contributed by atoms with Crippen LogP contribution in [0.15, 0.2) is 12.1 Å². The summed E-state index contributed by atoms with van der Waals surface area (Å²) in [4.78, 5) is 16.7. The van der Waals surface area contributed by atoms with Crippen LogP contribution in [0, 0.1) is 5.92 Å². The van der Waals surface area contributed by atoms with Crippen molar-refractivity contribution in [1.82, 2.24) is 4.90 Å². The van der Waals surface area contributed by atoms with E-state index < -0.39 is 0 Å². The SMILES string of the molecule is COc1ccc2c(c1OC)N(C(=O)C(C)C)CC(N(C)C)C2. The van der Waals surface area contributed by atoms with E-state index in [2.05, 4.69) is 19.0 Å². The van der Waals surface area contributed by atoms with Crippen molar-refractivity contribution in [3.05, 3.63) is 17.7 Å². The van der Waals surface area contributed by atoms with Crippen molar-refractivity contribution in [3.8, 4) is 11.5 Å². The van der Waals surface area contributed by atoms with Gasteiger partial charge in [0.2, 0.25) is 5.91 Å². The Morgan fingerprint density at radius 2 is 1.95 bits per heavy atom. The number of anilines is 1. The number of fused-ring (bicyclic) bond motifs is 1. The molecule has 0 aromatic heterocycles. The Kier molecular flexibility index (Phi) is 4.96. The van der Waals surface area contributed by atoms with Crippen LogP contribution < -0.4 is 14.4 Å². The number of ether oxygens (including phenoxy) is 2. The lowest BCUT2D eigenvalue weighted by atomic mass is 9.95. The highest BCUT2D eigenvalue weighted by atomic mass is 16.5. The number of benzene rings is 1. The lowest BCUT2D eigenvalue weighted by Gasteiger charge is -2.39. The molecule has 5 heteroatoms. The van der Waals surface area contributed by atoms with Gasteiger partial charge >= 0.3 is 0 Å². The summed E-state index contributed by atoms with van der Waals surface area (Å²) in [5, 5.41) is 0. The molecule has 0 saturated carbocycles. The lowest BCUT2D eigenvalue weighted by Crippen LogP contribution is -2.49. The Balaban J connectivity index is 2.58. The summed E-state index contributed by atoms with van der Waals surface area (Å²) >= 11 is 0. The van der Waals surface area contributed by atoms with Gasteiger partial charge in [0.1, 0.15) is 0 Å². The molecule has 1 unspecified atom stereocenters. The first-order valence-corrected chi connectivity index (χ1v) is 7.62. The number of methoxy groups -OCH3 is 2. The minimum Gasteiger partial charge on any atom is -0.493 e. The summed E-state index contributed by atoms with van der Waals surface area (Å²) in [6.45, 7) is 4.52. The minimum absolute atomic E-state index is 0.0651. The number of hydrogen-bond acceptors (Lipinski definition) is 4. The van der Waals surface area contributed by atoms with E-state index in [9.17, 15) is 4.79 Å². The second-order valence-electron chi connectivity index (χ2n) is 6.23. The monoisotopic (exact) mass is 306 g/mol. The van der Waals surface area contributed by atoms with Crippen LogP contribution in [0.5, 0.6) is 11.5 Å². The fraction of sp³-hybridized carbons (Fsp3) is 0.588. The van der Waals surface area contributed by atoms with E-state index in [1.807, 2.05) is 30.9 Å². The van der Waals surface area contributed by atoms with Gasteiger partial charge in [0.15, 0.2) is 11.5 Å². The van der Waals surface area contributed by atoms with Crippen LogP contribution >= 0.6 is 0 Å². The summed E-state index contributed by atoms with van der Waals surface area (Å²) in [5.41, 5.74) is 1.98.